The number of hydrogen-bond donors (Lipinski definition) is 1. The first-order valence-electron chi connectivity index (χ1n) is 10.6. The molecule has 0 heterocycles. The second-order valence-corrected chi connectivity index (χ2v) is 7.37. The lowest BCUT2D eigenvalue weighted by Crippen LogP contribution is -2.12. The van der Waals surface area contributed by atoms with Gasteiger partial charge in [0.15, 0.2) is 0 Å². The van der Waals surface area contributed by atoms with E-state index in [0.717, 1.165) is 17.7 Å². The smallest absolute Gasteiger partial charge is 0.255 e. The molecule has 4 nitrogen and oxygen atoms in total. The van der Waals surface area contributed by atoms with Gasteiger partial charge in [-0.2, -0.15) is 0 Å². The van der Waals surface area contributed by atoms with Crippen LogP contribution in [-0.2, 0) is 13.0 Å². The molecule has 0 aromatic heterocycles. The highest BCUT2D eigenvalue weighted by Crippen LogP contribution is 2.20. The molecule has 1 amide bonds. The molecule has 4 aromatic rings. The number of anilines is 1. The van der Waals surface area contributed by atoms with E-state index in [1.165, 1.54) is 5.56 Å². The second kappa shape index (κ2) is 10.8. The third-order valence-electron chi connectivity index (χ3n) is 4.94. The molecular weight excluding hydrogens is 398 g/mol. The molecule has 0 fully saturated rings. The molecule has 0 bridgehead atoms. The van der Waals surface area contributed by atoms with Crippen LogP contribution in [0.1, 0.15) is 21.5 Å². The van der Waals surface area contributed by atoms with Gasteiger partial charge in [0.2, 0.25) is 0 Å². The maximum Gasteiger partial charge on any atom is 0.255 e. The van der Waals surface area contributed by atoms with Gasteiger partial charge in [-0.25, -0.2) is 0 Å². The Balaban J connectivity index is 1.33. The first-order valence-corrected chi connectivity index (χ1v) is 10.6. The third kappa shape index (κ3) is 6.22. The average molecular weight is 424 g/mol. The van der Waals surface area contributed by atoms with Crippen LogP contribution < -0.4 is 14.8 Å². The van der Waals surface area contributed by atoms with Crippen molar-refractivity contribution in [2.45, 2.75) is 13.0 Å². The van der Waals surface area contributed by atoms with Crippen molar-refractivity contribution < 1.29 is 14.3 Å². The minimum atomic E-state index is -0.198. The summed E-state index contributed by atoms with van der Waals surface area (Å²) in [7, 11) is 0. The van der Waals surface area contributed by atoms with Gasteiger partial charge in [-0.15, -0.1) is 0 Å². The topological polar surface area (TPSA) is 47.6 Å². The van der Waals surface area contributed by atoms with Crippen molar-refractivity contribution in [3.63, 3.8) is 0 Å². The summed E-state index contributed by atoms with van der Waals surface area (Å²) in [6.07, 6.45) is 0.827. The Bertz CT molecular complexity index is 1140. The summed E-state index contributed by atoms with van der Waals surface area (Å²) in [5, 5.41) is 2.93. The summed E-state index contributed by atoms with van der Waals surface area (Å²) in [5.41, 5.74) is 3.52. The van der Waals surface area contributed by atoms with Gasteiger partial charge in [-0.05, 0) is 41.5 Å². The molecule has 0 radical (unpaired) electrons. The molecule has 4 aromatic carbocycles. The molecule has 0 aliphatic rings. The van der Waals surface area contributed by atoms with Crippen molar-refractivity contribution in [1.29, 1.82) is 0 Å². The lowest BCUT2D eigenvalue weighted by Gasteiger charge is -2.11. The van der Waals surface area contributed by atoms with Crippen LogP contribution in [0, 0.1) is 0 Å². The highest BCUT2D eigenvalue weighted by Gasteiger charge is 2.08. The molecule has 0 spiro atoms. The normalized spacial score (nSPS) is 10.4. The van der Waals surface area contributed by atoms with Crippen LogP contribution in [0.25, 0.3) is 0 Å². The first-order chi connectivity index (χ1) is 15.8. The molecule has 4 heteroatoms. The quantitative estimate of drug-likeness (QED) is 0.352. The molecule has 0 aliphatic heterocycles. The SMILES string of the molecule is O=C(Nc1cccc(OCCc2ccccc2)c1)c1cccc(OCc2ccccc2)c1. The van der Waals surface area contributed by atoms with E-state index >= 15 is 0 Å². The molecule has 0 aliphatic carbocycles. The van der Waals surface area contributed by atoms with E-state index < -0.39 is 0 Å². The lowest BCUT2D eigenvalue weighted by atomic mass is 10.2. The maximum absolute atomic E-state index is 12.7. The Morgan fingerprint density at radius 3 is 2.06 bits per heavy atom. The van der Waals surface area contributed by atoms with Gasteiger partial charge in [0.05, 0.1) is 6.61 Å². The fourth-order valence-electron chi connectivity index (χ4n) is 3.27. The van der Waals surface area contributed by atoms with Crippen molar-refractivity contribution >= 4 is 11.6 Å². The van der Waals surface area contributed by atoms with Crippen LogP contribution in [-0.4, -0.2) is 12.5 Å². The number of amides is 1. The molecule has 4 rings (SSSR count). The van der Waals surface area contributed by atoms with E-state index in [1.54, 1.807) is 12.1 Å². The van der Waals surface area contributed by atoms with Crippen LogP contribution >= 0.6 is 0 Å². The molecule has 0 saturated carbocycles. The number of rotatable bonds is 9. The Hall–Kier alpha value is -4.05. The monoisotopic (exact) mass is 423 g/mol. The van der Waals surface area contributed by atoms with Gasteiger partial charge in [0.25, 0.3) is 5.91 Å². The van der Waals surface area contributed by atoms with Gasteiger partial charge in [0.1, 0.15) is 18.1 Å². The highest BCUT2D eigenvalue weighted by molar-refractivity contribution is 6.04. The van der Waals surface area contributed by atoms with Gasteiger partial charge in [-0.1, -0.05) is 72.8 Å². The fourth-order valence-corrected chi connectivity index (χ4v) is 3.27. The van der Waals surface area contributed by atoms with Crippen molar-refractivity contribution in [3.8, 4) is 11.5 Å². The van der Waals surface area contributed by atoms with Crippen LogP contribution in [0.5, 0.6) is 11.5 Å². The van der Waals surface area contributed by atoms with Crippen LogP contribution in [0.4, 0.5) is 5.69 Å². The van der Waals surface area contributed by atoms with Crippen LogP contribution in [0.2, 0.25) is 0 Å². The van der Waals surface area contributed by atoms with Crippen molar-refractivity contribution in [1.82, 2.24) is 0 Å². The number of benzene rings is 4. The minimum Gasteiger partial charge on any atom is -0.493 e. The Morgan fingerprint density at radius 1 is 0.656 bits per heavy atom. The lowest BCUT2D eigenvalue weighted by molar-refractivity contribution is 0.102. The maximum atomic E-state index is 12.7. The van der Waals surface area contributed by atoms with E-state index in [1.807, 2.05) is 84.9 Å². The summed E-state index contributed by atoms with van der Waals surface area (Å²) in [6.45, 7) is 1.02. The summed E-state index contributed by atoms with van der Waals surface area (Å²) in [4.78, 5) is 12.7. The van der Waals surface area contributed by atoms with Crippen LogP contribution in [0.15, 0.2) is 109 Å². The molecule has 0 unspecified atom stereocenters. The molecular formula is C28H25NO3. The number of carbonyl (C=O) groups is 1. The number of carbonyl (C=O) groups excluding carboxylic acids is 1. The molecule has 0 saturated heterocycles. The molecule has 32 heavy (non-hydrogen) atoms. The van der Waals surface area contributed by atoms with Crippen molar-refractivity contribution in [3.05, 3.63) is 126 Å². The van der Waals surface area contributed by atoms with E-state index in [4.69, 9.17) is 9.47 Å². The summed E-state index contributed by atoms with van der Waals surface area (Å²) < 4.78 is 11.7. The number of nitrogens with one attached hydrogen (secondary N) is 1. The average Bonchev–Trinajstić information content (AvgIpc) is 2.84. The molecule has 1 N–H and O–H groups in total. The van der Waals surface area contributed by atoms with Gasteiger partial charge < -0.3 is 14.8 Å². The van der Waals surface area contributed by atoms with Gasteiger partial charge in [-0.3, -0.25) is 4.79 Å². The Labute approximate surface area is 188 Å². The highest BCUT2D eigenvalue weighted by atomic mass is 16.5. The molecule has 0 atom stereocenters. The molecule has 160 valence electrons. The standard InChI is InChI=1S/C28H25NO3/c30-28(24-13-7-15-26(19-24)32-21-23-11-5-2-6-12-23)29-25-14-8-16-27(20-25)31-18-17-22-9-3-1-4-10-22/h1-16,19-20H,17-18,21H2,(H,29,30). The summed E-state index contributed by atoms with van der Waals surface area (Å²) in [5.74, 6) is 1.18. The minimum absolute atomic E-state index is 0.198. The van der Waals surface area contributed by atoms with E-state index in [-0.39, 0.29) is 5.91 Å². The van der Waals surface area contributed by atoms with Crippen molar-refractivity contribution in [2.24, 2.45) is 0 Å². The summed E-state index contributed by atoms with van der Waals surface area (Å²) >= 11 is 0. The largest absolute Gasteiger partial charge is 0.493 e. The van der Waals surface area contributed by atoms with E-state index in [9.17, 15) is 4.79 Å². The zero-order valence-electron chi connectivity index (χ0n) is 17.7. The Morgan fingerprint density at radius 2 is 1.31 bits per heavy atom. The number of hydrogen-bond acceptors (Lipinski definition) is 3. The zero-order chi connectivity index (χ0) is 22.0. The second-order valence-electron chi connectivity index (χ2n) is 7.37. The summed E-state index contributed by atoms with van der Waals surface area (Å²) in [6, 6.07) is 34.8. The fraction of sp³-hybridized carbons (Fsp3) is 0.107. The van der Waals surface area contributed by atoms with Gasteiger partial charge >= 0.3 is 0 Å². The Kier molecular flexibility index (Phi) is 7.17. The van der Waals surface area contributed by atoms with Gasteiger partial charge in [0, 0.05) is 23.7 Å². The van der Waals surface area contributed by atoms with Crippen molar-refractivity contribution in [2.75, 3.05) is 11.9 Å². The third-order valence-corrected chi connectivity index (χ3v) is 4.94. The van der Waals surface area contributed by atoms with Crippen LogP contribution in [0.3, 0.4) is 0 Å². The predicted molar refractivity (Wildman–Crippen MR) is 127 cm³/mol. The number of ether oxygens (including phenoxy) is 2. The van der Waals surface area contributed by atoms with E-state index in [2.05, 4.69) is 17.4 Å². The predicted octanol–water partition coefficient (Wildman–Crippen LogP) is 6.14. The zero-order valence-corrected chi connectivity index (χ0v) is 17.7. The first kappa shape index (κ1) is 21.2. The van der Waals surface area contributed by atoms with E-state index in [0.29, 0.717) is 30.2 Å².